The summed E-state index contributed by atoms with van der Waals surface area (Å²) < 4.78 is 2.56. The Morgan fingerprint density at radius 1 is 0.882 bits per heavy atom. The van der Waals surface area contributed by atoms with Gasteiger partial charge in [-0.05, 0) is 87.0 Å². The van der Waals surface area contributed by atoms with E-state index < -0.39 is 0 Å². The summed E-state index contributed by atoms with van der Waals surface area (Å²) in [5.74, 6) is 0.404. The van der Waals surface area contributed by atoms with E-state index in [1.54, 1.807) is 0 Å². The summed E-state index contributed by atoms with van der Waals surface area (Å²) in [4.78, 5) is 0. The lowest BCUT2D eigenvalue weighted by Crippen LogP contribution is -2.00. The molecule has 1 atom stereocenters. The molecule has 0 nitrogen and oxygen atoms in total. The monoisotopic (exact) mass is 447 g/mol. The minimum atomic E-state index is 0.404. The molecule has 2 aromatic rings. The molecule has 0 spiro atoms. The van der Waals surface area contributed by atoms with Gasteiger partial charge >= 0.3 is 0 Å². The van der Waals surface area contributed by atoms with E-state index in [1.807, 2.05) is 0 Å². The highest BCUT2D eigenvalue weighted by atomic mass is 127. The molecule has 0 saturated carbocycles. The lowest BCUT2D eigenvalue weighted by molar-refractivity contribution is 0.826. The van der Waals surface area contributed by atoms with Crippen molar-refractivity contribution in [1.29, 1.82) is 0 Å². The van der Waals surface area contributed by atoms with Crippen LogP contribution in [0.4, 0.5) is 0 Å². The van der Waals surface area contributed by atoms with Gasteiger partial charge in [0, 0.05) is 13.1 Å². The van der Waals surface area contributed by atoms with E-state index in [0.29, 0.717) is 5.92 Å². The molecule has 0 amide bonds. The Hall–Kier alpha value is -0.100. The van der Waals surface area contributed by atoms with Crippen molar-refractivity contribution in [2.45, 2.75) is 12.3 Å². The van der Waals surface area contributed by atoms with Crippen molar-refractivity contribution in [3.05, 3.63) is 73.7 Å². The Morgan fingerprint density at radius 2 is 1.59 bits per heavy atom. The SMILES string of the molecule is [CH2]CC(c1ccc(I)cc1)c1cccc(I)c1. The zero-order chi connectivity index (χ0) is 12.3. The molecular weight excluding hydrogens is 434 g/mol. The summed E-state index contributed by atoms with van der Waals surface area (Å²) in [6, 6.07) is 17.4. The Labute approximate surface area is 130 Å². The average molecular weight is 447 g/mol. The van der Waals surface area contributed by atoms with Crippen molar-refractivity contribution >= 4 is 45.2 Å². The minimum absolute atomic E-state index is 0.404. The van der Waals surface area contributed by atoms with Crippen molar-refractivity contribution < 1.29 is 0 Å². The van der Waals surface area contributed by atoms with E-state index in [0.717, 1.165) is 6.42 Å². The predicted molar refractivity (Wildman–Crippen MR) is 90.1 cm³/mol. The first kappa shape index (κ1) is 13.3. The fourth-order valence-corrected chi connectivity index (χ4v) is 2.87. The largest absolute Gasteiger partial charge is 0.0609 e. The maximum absolute atomic E-state index is 4.09. The number of halogens is 2. The maximum atomic E-state index is 4.09. The van der Waals surface area contributed by atoms with Crippen molar-refractivity contribution in [2.24, 2.45) is 0 Å². The first-order valence-corrected chi connectivity index (χ1v) is 7.66. The Kier molecular flexibility index (Phi) is 4.85. The average Bonchev–Trinajstić information content (AvgIpc) is 2.33. The molecule has 0 N–H and O–H groups in total. The van der Waals surface area contributed by atoms with Crippen LogP contribution < -0.4 is 0 Å². The summed E-state index contributed by atoms with van der Waals surface area (Å²) in [5.41, 5.74) is 2.70. The second-order valence-corrected chi connectivity index (χ2v) is 6.44. The van der Waals surface area contributed by atoms with E-state index in [1.165, 1.54) is 18.3 Å². The highest BCUT2D eigenvalue weighted by Crippen LogP contribution is 2.28. The molecule has 2 rings (SSSR count). The van der Waals surface area contributed by atoms with Crippen LogP contribution in [-0.4, -0.2) is 0 Å². The van der Waals surface area contributed by atoms with Crippen LogP contribution in [0.3, 0.4) is 0 Å². The molecule has 1 unspecified atom stereocenters. The summed E-state index contributed by atoms with van der Waals surface area (Å²) in [6.45, 7) is 4.09. The van der Waals surface area contributed by atoms with Gasteiger partial charge in [-0.25, -0.2) is 0 Å². The number of rotatable bonds is 3. The molecule has 0 aliphatic rings. The van der Waals surface area contributed by atoms with E-state index in [9.17, 15) is 0 Å². The molecular formula is C15H13I2. The first-order valence-electron chi connectivity index (χ1n) is 5.51. The lowest BCUT2D eigenvalue weighted by atomic mass is 9.89. The van der Waals surface area contributed by atoms with Gasteiger partial charge < -0.3 is 0 Å². The van der Waals surface area contributed by atoms with Crippen LogP contribution in [0.15, 0.2) is 48.5 Å². The van der Waals surface area contributed by atoms with Crippen molar-refractivity contribution in [1.82, 2.24) is 0 Å². The van der Waals surface area contributed by atoms with Gasteiger partial charge in [-0.3, -0.25) is 0 Å². The Bertz CT molecular complexity index is 489. The molecule has 0 saturated heterocycles. The first-order chi connectivity index (χ1) is 8.20. The van der Waals surface area contributed by atoms with Gasteiger partial charge in [0.25, 0.3) is 0 Å². The smallest absolute Gasteiger partial charge is 0.0133 e. The highest BCUT2D eigenvalue weighted by Gasteiger charge is 2.11. The van der Waals surface area contributed by atoms with E-state index in [-0.39, 0.29) is 0 Å². The Balaban J connectivity index is 2.36. The van der Waals surface area contributed by atoms with Crippen LogP contribution in [0.1, 0.15) is 23.5 Å². The summed E-state index contributed by atoms with van der Waals surface area (Å²) in [5, 5.41) is 0. The fourth-order valence-electron chi connectivity index (χ4n) is 1.94. The van der Waals surface area contributed by atoms with Crippen molar-refractivity contribution in [3.8, 4) is 0 Å². The molecule has 1 radical (unpaired) electrons. The van der Waals surface area contributed by atoms with Gasteiger partial charge in [0.05, 0.1) is 0 Å². The molecule has 0 fully saturated rings. The molecule has 0 bridgehead atoms. The zero-order valence-corrected chi connectivity index (χ0v) is 13.7. The maximum Gasteiger partial charge on any atom is 0.0133 e. The van der Waals surface area contributed by atoms with Crippen LogP contribution in [0, 0.1) is 14.1 Å². The summed E-state index contributed by atoms with van der Waals surface area (Å²) in [6.07, 6.45) is 0.890. The standard InChI is InChI=1S/C15H13I2/c1-2-15(11-6-8-13(16)9-7-11)12-4-3-5-14(17)10-12/h3-10,15H,1-2H2. The van der Waals surface area contributed by atoms with E-state index in [2.05, 4.69) is 101 Å². The molecule has 2 heteroatoms. The highest BCUT2D eigenvalue weighted by molar-refractivity contribution is 14.1. The number of hydrogen-bond acceptors (Lipinski definition) is 0. The van der Waals surface area contributed by atoms with Crippen LogP contribution in [0.25, 0.3) is 0 Å². The third kappa shape index (κ3) is 3.44. The van der Waals surface area contributed by atoms with Gasteiger partial charge in [0.2, 0.25) is 0 Å². The molecule has 0 heterocycles. The van der Waals surface area contributed by atoms with E-state index in [4.69, 9.17) is 0 Å². The van der Waals surface area contributed by atoms with E-state index >= 15 is 0 Å². The van der Waals surface area contributed by atoms with Crippen molar-refractivity contribution in [2.75, 3.05) is 0 Å². The predicted octanol–water partition coefficient (Wildman–Crippen LogP) is 5.25. The van der Waals surface area contributed by atoms with Crippen molar-refractivity contribution in [3.63, 3.8) is 0 Å². The zero-order valence-electron chi connectivity index (χ0n) is 9.37. The van der Waals surface area contributed by atoms with Gasteiger partial charge in [0.1, 0.15) is 0 Å². The normalized spacial score (nSPS) is 12.4. The van der Waals surface area contributed by atoms with Crippen LogP contribution >= 0.6 is 45.2 Å². The summed E-state index contributed by atoms with van der Waals surface area (Å²) >= 11 is 4.69. The van der Waals surface area contributed by atoms with Gasteiger partial charge in [0.15, 0.2) is 0 Å². The molecule has 0 aliphatic carbocycles. The van der Waals surface area contributed by atoms with Gasteiger partial charge in [-0.15, -0.1) is 0 Å². The molecule has 0 aromatic heterocycles. The number of benzene rings is 2. The second-order valence-electron chi connectivity index (χ2n) is 3.95. The van der Waals surface area contributed by atoms with Crippen LogP contribution in [0.5, 0.6) is 0 Å². The number of hydrogen-bond donors (Lipinski definition) is 0. The second kappa shape index (κ2) is 6.18. The summed E-state index contributed by atoms with van der Waals surface area (Å²) in [7, 11) is 0. The molecule has 2 aromatic carbocycles. The van der Waals surface area contributed by atoms with Crippen LogP contribution in [-0.2, 0) is 0 Å². The van der Waals surface area contributed by atoms with Crippen LogP contribution in [0.2, 0.25) is 0 Å². The third-order valence-corrected chi connectivity index (χ3v) is 4.20. The fraction of sp³-hybridized carbons (Fsp3) is 0.133. The molecule has 0 aliphatic heterocycles. The quantitative estimate of drug-likeness (QED) is 0.564. The molecule has 87 valence electrons. The third-order valence-electron chi connectivity index (χ3n) is 2.81. The van der Waals surface area contributed by atoms with Gasteiger partial charge in [-0.1, -0.05) is 31.2 Å². The minimum Gasteiger partial charge on any atom is -0.0609 e. The lowest BCUT2D eigenvalue weighted by Gasteiger charge is -2.16. The molecule has 17 heavy (non-hydrogen) atoms. The Morgan fingerprint density at radius 3 is 2.18 bits per heavy atom. The van der Waals surface area contributed by atoms with Gasteiger partial charge in [-0.2, -0.15) is 0 Å². The topological polar surface area (TPSA) is 0 Å².